The molecule has 4 heteroatoms. The highest BCUT2D eigenvalue weighted by atomic mass is 16.1. The molecule has 0 spiro atoms. The standard InChI is InChI=1S/C24H17N3O/c28-24-21-6-2-4-8-23(21)26-16-27(24)15-17-9-11-18(12-10-17)20-13-19-5-1-3-7-22(19)25-14-20/h1-14,16H,15H2. The summed E-state index contributed by atoms with van der Waals surface area (Å²) in [6, 6.07) is 25.9. The summed E-state index contributed by atoms with van der Waals surface area (Å²) < 4.78 is 1.65. The van der Waals surface area contributed by atoms with E-state index in [1.54, 1.807) is 10.9 Å². The number of fused-ring (bicyclic) bond motifs is 2. The van der Waals surface area contributed by atoms with Crippen LogP contribution < -0.4 is 5.56 Å². The van der Waals surface area contributed by atoms with E-state index in [0.717, 1.165) is 33.1 Å². The normalized spacial score (nSPS) is 11.1. The lowest BCUT2D eigenvalue weighted by atomic mass is 10.0. The van der Waals surface area contributed by atoms with Gasteiger partial charge in [0.15, 0.2) is 0 Å². The number of aromatic nitrogens is 3. The van der Waals surface area contributed by atoms with E-state index >= 15 is 0 Å². The molecule has 0 unspecified atom stereocenters. The van der Waals surface area contributed by atoms with Crippen molar-refractivity contribution in [1.29, 1.82) is 0 Å². The van der Waals surface area contributed by atoms with E-state index in [4.69, 9.17) is 0 Å². The number of nitrogens with zero attached hydrogens (tertiary/aromatic N) is 3. The van der Waals surface area contributed by atoms with Crippen molar-refractivity contribution >= 4 is 21.8 Å². The molecule has 4 nitrogen and oxygen atoms in total. The Morgan fingerprint density at radius 2 is 1.50 bits per heavy atom. The van der Waals surface area contributed by atoms with Gasteiger partial charge in [0.25, 0.3) is 5.56 Å². The number of rotatable bonds is 3. The van der Waals surface area contributed by atoms with Crippen LogP contribution in [0.15, 0.2) is 96.2 Å². The summed E-state index contributed by atoms with van der Waals surface area (Å²) in [7, 11) is 0. The molecule has 3 aromatic carbocycles. The Bertz CT molecular complexity index is 1350. The van der Waals surface area contributed by atoms with Gasteiger partial charge in [-0.25, -0.2) is 4.98 Å². The molecule has 0 saturated heterocycles. The molecule has 0 aliphatic carbocycles. The topological polar surface area (TPSA) is 47.8 Å². The summed E-state index contributed by atoms with van der Waals surface area (Å²) in [5, 5.41) is 1.77. The lowest BCUT2D eigenvalue weighted by Crippen LogP contribution is -2.21. The average Bonchev–Trinajstić information content (AvgIpc) is 2.76. The molecule has 2 heterocycles. The molecule has 5 rings (SSSR count). The first-order chi connectivity index (χ1) is 13.8. The maximum Gasteiger partial charge on any atom is 0.261 e. The van der Waals surface area contributed by atoms with Crippen LogP contribution in [0, 0.1) is 0 Å². The summed E-state index contributed by atoms with van der Waals surface area (Å²) in [6.45, 7) is 0.493. The molecule has 0 aliphatic rings. The summed E-state index contributed by atoms with van der Waals surface area (Å²) in [5.74, 6) is 0. The van der Waals surface area contributed by atoms with Crippen molar-refractivity contribution in [2.45, 2.75) is 6.54 Å². The fourth-order valence-corrected chi connectivity index (χ4v) is 3.45. The fraction of sp³-hybridized carbons (Fsp3) is 0.0417. The number of hydrogen-bond acceptors (Lipinski definition) is 3. The molecule has 0 bridgehead atoms. The van der Waals surface area contributed by atoms with Gasteiger partial charge in [-0.15, -0.1) is 0 Å². The van der Waals surface area contributed by atoms with Gasteiger partial charge in [-0.2, -0.15) is 0 Å². The molecule has 134 valence electrons. The third-order valence-electron chi connectivity index (χ3n) is 4.96. The zero-order valence-electron chi connectivity index (χ0n) is 15.1. The van der Waals surface area contributed by atoms with Gasteiger partial charge in [0, 0.05) is 17.1 Å². The highest BCUT2D eigenvalue weighted by molar-refractivity contribution is 5.83. The van der Waals surface area contributed by atoms with E-state index in [1.165, 1.54) is 0 Å². The minimum absolute atomic E-state index is 0.0200. The van der Waals surface area contributed by atoms with Crippen molar-refractivity contribution in [3.05, 3.63) is 107 Å². The minimum atomic E-state index is -0.0200. The molecule has 0 amide bonds. The second kappa shape index (κ2) is 6.74. The lowest BCUT2D eigenvalue weighted by molar-refractivity contribution is 0.748. The van der Waals surface area contributed by atoms with Crippen molar-refractivity contribution in [3.63, 3.8) is 0 Å². The molecule has 0 aliphatic heterocycles. The van der Waals surface area contributed by atoms with Crippen LogP contribution in [0.1, 0.15) is 5.56 Å². The zero-order valence-corrected chi connectivity index (χ0v) is 15.1. The summed E-state index contributed by atoms with van der Waals surface area (Å²) >= 11 is 0. The smallest absolute Gasteiger partial charge is 0.261 e. The van der Waals surface area contributed by atoms with Gasteiger partial charge in [-0.05, 0) is 35.4 Å². The van der Waals surface area contributed by atoms with Crippen LogP contribution in [-0.4, -0.2) is 14.5 Å². The summed E-state index contributed by atoms with van der Waals surface area (Å²) in [6.07, 6.45) is 3.51. The predicted molar refractivity (Wildman–Crippen MR) is 112 cm³/mol. The van der Waals surface area contributed by atoms with E-state index < -0.39 is 0 Å². The van der Waals surface area contributed by atoms with E-state index in [9.17, 15) is 4.79 Å². The maximum atomic E-state index is 12.7. The number of benzene rings is 3. The fourth-order valence-electron chi connectivity index (χ4n) is 3.45. The van der Waals surface area contributed by atoms with Crippen LogP contribution in [0.3, 0.4) is 0 Å². The molecule has 28 heavy (non-hydrogen) atoms. The third-order valence-corrected chi connectivity index (χ3v) is 4.96. The molecule has 0 N–H and O–H groups in total. The Hall–Kier alpha value is -3.79. The molecule has 0 radical (unpaired) electrons. The quantitative estimate of drug-likeness (QED) is 0.468. The first-order valence-corrected chi connectivity index (χ1v) is 9.16. The highest BCUT2D eigenvalue weighted by Crippen LogP contribution is 2.23. The Morgan fingerprint density at radius 1 is 0.750 bits per heavy atom. The molecule has 0 fully saturated rings. The van der Waals surface area contributed by atoms with Crippen LogP contribution in [-0.2, 0) is 6.54 Å². The lowest BCUT2D eigenvalue weighted by Gasteiger charge is -2.08. The molecule has 0 saturated carbocycles. The Morgan fingerprint density at radius 3 is 2.36 bits per heavy atom. The summed E-state index contributed by atoms with van der Waals surface area (Å²) in [5.41, 5.74) is 4.93. The largest absolute Gasteiger partial charge is 0.294 e. The van der Waals surface area contributed by atoms with Gasteiger partial charge in [-0.3, -0.25) is 14.3 Å². The monoisotopic (exact) mass is 363 g/mol. The molecular formula is C24H17N3O. The van der Waals surface area contributed by atoms with Crippen molar-refractivity contribution in [3.8, 4) is 11.1 Å². The van der Waals surface area contributed by atoms with Crippen LogP contribution in [0.4, 0.5) is 0 Å². The second-order valence-electron chi connectivity index (χ2n) is 6.81. The Balaban J connectivity index is 1.45. The first kappa shape index (κ1) is 16.4. The molecular weight excluding hydrogens is 346 g/mol. The molecule has 2 aromatic heterocycles. The van der Waals surface area contributed by atoms with Gasteiger partial charge in [0.2, 0.25) is 0 Å². The predicted octanol–water partition coefficient (Wildman–Crippen LogP) is 4.66. The number of pyridine rings is 1. The van der Waals surface area contributed by atoms with Crippen LogP contribution in [0.5, 0.6) is 0 Å². The highest BCUT2D eigenvalue weighted by Gasteiger charge is 2.05. The first-order valence-electron chi connectivity index (χ1n) is 9.16. The van der Waals surface area contributed by atoms with E-state index in [1.807, 2.05) is 60.8 Å². The van der Waals surface area contributed by atoms with Crippen molar-refractivity contribution in [2.75, 3.05) is 0 Å². The van der Waals surface area contributed by atoms with Crippen molar-refractivity contribution < 1.29 is 0 Å². The van der Waals surface area contributed by atoms with Gasteiger partial charge < -0.3 is 0 Å². The SMILES string of the molecule is O=c1c2ccccc2ncn1Cc1ccc(-c2cnc3ccccc3c2)cc1. The van der Waals surface area contributed by atoms with E-state index in [2.05, 4.69) is 34.2 Å². The molecule has 0 atom stereocenters. The number of para-hydroxylation sites is 2. The van der Waals surface area contributed by atoms with Crippen molar-refractivity contribution in [2.24, 2.45) is 0 Å². The summed E-state index contributed by atoms with van der Waals surface area (Å²) in [4.78, 5) is 21.6. The molecule has 5 aromatic rings. The van der Waals surface area contributed by atoms with Crippen LogP contribution in [0.2, 0.25) is 0 Å². The van der Waals surface area contributed by atoms with Crippen LogP contribution >= 0.6 is 0 Å². The van der Waals surface area contributed by atoms with Gasteiger partial charge in [-0.1, -0.05) is 54.6 Å². The van der Waals surface area contributed by atoms with E-state index in [-0.39, 0.29) is 5.56 Å². The Kier molecular flexibility index (Phi) is 3.95. The third kappa shape index (κ3) is 2.95. The average molecular weight is 363 g/mol. The van der Waals surface area contributed by atoms with Gasteiger partial charge in [0.05, 0.1) is 29.3 Å². The Labute approximate surface area is 161 Å². The zero-order chi connectivity index (χ0) is 18.9. The maximum absolute atomic E-state index is 12.7. The van der Waals surface area contributed by atoms with E-state index in [0.29, 0.717) is 11.9 Å². The van der Waals surface area contributed by atoms with Gasteiger partial charge >= 0.3 is 0 Å². The second-order valence-corrected chi connectivity index (χ2v) is 6.81. The van der Waals surface area contributed by atoms with Crippen LogP contribution in [0.25, 0.3) is 32.9 Å². The number of hydrogen-bond donors (Lipinski definition) is 0. The van der Waals surface area contributed by atoms with Gasteiger partial charge in [0.1, 0.15) is 0 Å². The minimum Gasteiger partial charge on any atom is -0.294 e. The van der Waals surface area contributed by atoms with Crippen molar-refractivity contribution in [1.82, 2.24) is 14.5 Å².